The van der Waals surface area contributed by atoms with Gasteiger partial charge in [-0.3, -0.25) is 4.79 Å². The number of fused-ring (bicyclic) bond motifs is 9. The normalized spacial score (nSPS) is 51.6. The van der Waals surface area contributed by atoms with Gasteiger partial charge in [0.05, 0.1) is 5.92 Å². The van der Waals surface area contributed by atoms with Crippen molar-refractivity contribution in [1.82, 2.24) is 0 Å². The lowest BCUT2D eigenvalue weighted by Gasteiger charge is -2.40. The quantitative estimate of drug-likeness (QED) is 0.414. The highest BCUT2D eigenvalue weighted by atomic mass is 16.6. The van der Waals surface area contributed by atoms with E-state index in [1.165, 1.54) is 12.8 Å². The minimum Gasteiger partial charge on any atom is -0.460 e. The van der Waals surface area contributed by atoms with E-state index in [9.17, 15) is 4.79 Å². The first kappa shape index (κ1) is 12.9. The Kier molecular flexibility index (Phi) is 2.52. The van der Waals surface area contributed by atoms with Crippen molar-refractivity contribution in [2.75, 3.05) is 0 Å². The van der Waals surface area contributed by atoms with Gasteiger partial charge in [0.15, 0.2) is 0 Å². The summed E-state index contributed by atoms with van der Waals surface area (Å²) >= 11 is 0. The first-order valence-electron chi connectivity index (χ1n) is 8.28. The van der Waals surface area contributed by atoms with Crippen LogP contribution in [0.1, 0.15) is 40.5 Å². The van der Waals surface area contributed by atoms with Crippen molar-refractivity contribution in [3.8, 4) is 0 Å². The fourth-order valence-electron chi connectivity index (χ4n) is 6.10. The largest absolute Gasteiger partial charge is 0.460 e. The molecule has 4 rings (SSSR count). The molecule has 0 radical (unpaired) electrons. The summed E-state index contributed by atoms with van der Waals surface area (Å²) in [6.07, 6.45) is 7.52. The molecule has 0 N–H and O–H groups in total. The molecule has 0 amide bonds. The lowest BCUT2D eigenvalue weighted by molar-refractivity contribution is -0.165. The first-order chi connectivity index (χ1) is 9.37. The number of carbonyl (C=O) groups is 1. The summed E-state index contributed by atoms with van der Waals surface area (Å²) in [6.45, 7) is 8.23. The van der Waals surface area contributed by atoms with E-state index < -0.39 is 0 Å². The second-order valence-electron chi connectivity index (χ2n) is 8.58. The highest BCUT2D eigenvalue weighted by molar-refractivity contribution is 5.74. The third-order valence-corrected chi connectivity index (χ3v) is 6.50. The molecule has 0 saturated heterocycles. The molecule has 0 aromatic heterocycles. The third kappa shape index (κ3) is 1.60. The van der Waals surface area contributed by atoms with Crippen LogP contribution in [0.15, 0.2) is 12.2 Å². The first-order valence-corrected chi connectivity index (χ1v) is 8.28. The topological polar surface area (TPSA) is 26.3 Å². The van der Waals surface area contributed by atoms with Crippen molar-refractivity contribution in [1.29, 1.82) is 0 Å². The molecule has 110 valence electrons. The number of rotatable bonds is 1. The average Bonchev–Trinajstić information content (AvgIpc) is 3.02. The van der Waals surface area contributed by atoms with Gasteiger partial charge in [0.1, 0.15) is 5.60 Å². The maximum absolute atomic E-state index is 12.6. The van der Waals surface area contributed by atoms with E-state index in [0.717, 1.165) is 29.6 Å². The lowest BCUT2D eigenvalue weighted by Crippen LogP contribution is -2.41. The molecule has 0 aliphatic heterocycles. The fourth-order valence-corrected chi connectivity index (χ4v) is 6.10. The van der Waals surface area contributed by atoms with Crippen molar-refractivity contribution in [3.05, 3.63) is 12.2 Å². The molecule has 20 heavy (non-hydrogen) atoms. The maximum atomic E-state index is 12.6. The minimum atomic E-state index is -0.355. The zero-order chi connectivity index (χ0) is 14.2. The molecule has 4 bridgehead atoms. The van der Waals surface area contributed by atoms with Crippen LogP contribution in [0.2, 0.25) is 0 Å². The summed E-state index contributed by atoms with van der Waals surface area (Å²) in [5.41, 5.74) is -0.355. The van der Waals surface area contributed by atoms with Crippen LogP contribution in [0.3, 0.4) is 0 Å². The molecule has 0 spiro atoms. The Morgan fingerprint density at radius 1 is 1.05 bits per heavy atom. The van der Waals surface area contributed by atoms with E-state index in [-0.39, 0.29) is 17.5 Å². The predicted octanol–water partition coefficient (Wildman–Crippen LogP) is 3.67. The van der Waals surface area contributed by atoms with Crippen LogP contribution < -0.4 is 0 Å². The Morgan fingerprint density at radius 3 is 2.25 bits per heavy atom. The van der Waals surface area contributed by atoms with Crippen LogP contribution in [0.5, 0.6) is 0 Å². The number of hydrogen-bond acceptors (Lipinski definition) is 2. The number of allylic oxidation sites excluding steroid dienone is 2. The monoisotopic (exact) mass is 274 g/mol. The number of esters is 1. The summed E-state index contributed by atoms with van der Waals surface area (Å²) in [4.78, 5) is 12.6. The molecule has 8 unspecified atom stereocenters. The molecule has 0 heterocycles. The van der Waals surface area contributed by atoms with E-state index in [1.54, 1.807) is 0 Å². The Labute approximate surface area is 122 Å². The molecular weight excluding hydrogens is 248 g/mol. The van der Waals surface area contributed by atoms with Gasteiger partial charge in [0.2, 0.25) is 0 Å². The lowest BCUT2D eigenvalue weighted by atomic mass is 9.65. The van der Waals surface area contributed by atoms with Crippen LogP contribution in [0.4, 0.5) is 0 Å². The van der Waals surface area contributed by atoms with Gasteiger partial charge in [0.25, 0.3) is 0 Å². The molecular formula is C18H26O2. The highest BCUT2D eigenvalue weighted by Crippen LogP contribution is 2.68. The van der Waals surface area contributed by atoms with Gasteiger partial charge < -0.3 is 4.74 Å². The summed E-state index contributed by atoms with van der Waals surface area (Å²) in [5, 5.41) is 0. The molecule has 2 heteroatoms. The molecule has 3 fully saturated rings. The van der Waals surface area contributed by atoms with Crippen LogP contribution in [0.25, 0.3) is 0 Å². The summed E-state index contributed by atoms with van der Waals surface area (Å²) in [7, 11) is 0. The van der Waals surface area contributed by atoms with Gasteiger partial charge >= 0.3 is 5.97 Å². The van der Waals surface area contributed by atoms with E-state index in [2.05, 4.69) is 19.1 Å². The van der Waals surface area contributed by atoms with Crippen molar-refractivity contribution >= 4 is 5.97 Å². The van der Waals surface area contributed by atoms with Gasteiger partial charge in [-0.15, -0.1) is 0 Å². The van der Waals surface area contributed by atoms with Crippen LogP contribution >= 0.6 is 0 Å². The zero-order valence-corrected chi connectivity index (χ0v) is 13.0. The number of carbonyl (C=O) groups excluding carboxylic acids is 1. The van der Waals surface area contributed by atoms with Crippen molar-refractivity contribution in [3.63, 3.8) is 0 Å². The summed E-state index contributed by atoms with van der Waals surface area (Å²) in [6, 6.07) is 0. The summed E-state index contributed by atoms with van der Waals surface area (Å²) < 4.78 is 5.72. The van der Waals surface area contributed by atoms with Gasteiger partial charge in [0, 0.05) is 0 Å². The van der Waals surface area contributed by atoms with Gasteiger partial charge in [-0.25, -0.2) is 0 Å². The van der Waals surface area contributed by atoms with Crippen LogP contribution in [0, 0.1) is 47.3 Å². The molecule has 2 nitrogen and oxygen atoms in total. The predicted molar refractivity (Wildman–Crippen MR) is 77.8 cm³/mol. The van der Waals surface area contributed by atoms with Gasteiger partial charge in [-0.1, -0.05) is 19.1 Å². The molecule has 4 aliphatic carbocycles. The Bertz CT molecular complexity index is 472. The van der Waals surface area contributed by atoms with Crippen molar-refractivity contribution in [2.24, 2.45) is 47.3 Å². The van der Waals surface area contributed by atoms with E-state index in [0.29, 0.717) is 11.8 Å². The molecule has 0 aromatic carbocycles. The fraction of sp³-hybridized carbons (Fsp3) is 0.833. The second kappa shape index (κ2) is 3.90. The molecule has 3 saturated carbocycles. The Hall–Kier alpha value is -0.790. The van der Waals surface area contributed by atoms with E-state index in [1.807, 2.05) is 20.8 Å². The van der Waals surface area contributed by atoms with Crippen LogP contribution in [-0.2, 0) is 9.53 Å². The second-order valence-corrected chi connectivity index (χ2v) is 8.58. The Balaban J connectivity index is 1.59. The number of ether oxygens (including phenoxy) is 1. The molecule has 0 aromatic rings. The van der Waals surface area contributed by atoms with Gasteiger partial charge in [-0.05, 0) is 75.0 Å². The minimum absolute atomic E-state index is 0.0719. The maximum Gasteiger partial charge on any atom is 0.310 e. The smallest absolute Gasteiger partial charge is 0.310 e. The van der Waals surface area contributed by atoms with E-state index in [4.69, 9.17) is 4.74 Å². The SMILES string of the molecule is CC1C2CC(C1C(=O)OC(C)(C)C)C1C3C=CC(C3)C21. The Morgan fingerprint density at radius 2 is 1.65 bits per heavy atom. The number of hydrogen-bond donors (Lipinski definition) is 0. The van der Waals surface area contributed by atoms with Crippen molar-refractivity contribution < 1.29 is 9.53 Å². The molecule has 8 atom stereocenters. The standard InChI is InChI=1S/C18H26O2/c1-9-12-8-13(14(9)17(19)20-18(2,3)4)16-11-6-5-10(7-11)15(12)16/h5-6,9-16H,7-8H2,1-4H3. The van der Waals surface area contributed by atoms with Gasteiger partial charge in [-0.2, -0.15) is 0 Å². The molecule has 4 aliphatic rings. The van der Waals surface area contributed by atoms with Crippen molar-refractivity contribution in [2.45, 2.75) is 46.1 Å². The van der Waals surface area contributed by atoms with E-state index >= 15 is 0 Å². The third-order valence-electron chi connectivity index (χ3n) is 6.50. The average molecular weight is 274 g/mol. The highest BCUT2D eigenvalue weighted by Gasteiger charge is 2.65. The van der Waals surface area contributed by atoms with Crippen LogP contribution in [-0.4, -0.2) is 11.6 Å². The summed E-state index contributed by atoms with van der Waals surface area (Å²) in [5.74, 6) is 5.35. The zero-order valence-electron chi connectivity index (χ0n) is 13.0.